The van der Waals surface area contributed by atoms with E-state index in [1.165, 1.54) is 29.0 Å². The van der Waals surface area contributed by atoms with Gasteiger partial charge in [-0.3, -0.25) is 4.79 Å². The summed E-state index contributed by atoms with van der Waals surface area (Å²) in [6, 6.07) is 8.16. The van der Waals surface area contributed by atoms with E-state index in [9.17, 15) is 19.1 Å². The van der Waals surface area contributed by atoms with Gasteiger partial charge in [0.05, 0.1) is 0 Å². The number of pyridine rings is 1. The van der Waals surface area contributed by atoms with Crippen LogP contribution in [0.15, 0.2) is 47.4 Å². The standard InChI is InChI=1S/C18H18FNO3/c1-12(2)17(18(22)23)20-10-9-14(11-16(20)21)4-3-13-5-7-15(19)8-6-13/h3-12,17H,1-2H3,(H,22,23)/b4-3+. The molecule has 0 saturated carbocycles. The Bertz CT molecular complexity index is 776. The Hall–Kier alpha value is -2.69. The monoisotopic (exact) mass is 315 g/mol. The number of carboxylic acids is 1. The van der Waals surface area contributed by atoms with Gasteiger partial charge < -0.3 is 9.67 Å². The number of halogens is 1. The summed E-state index contributed by atoms with van der Waals surface area (Å²) in [7, 11) is 0. The molecule has 2 rings (SSSR count). The van der Waals surface area contributed by atoms with E-state index in [1.54, 1.807) is 44.2 Å². The number of rotatable bonds is 5. The summed E-state index contributed by atoms with van der Waals surface area (Å²) in [6.07, 6.45) is 4.98. The first-order chi connectivity index (χ1) is 10.9. The molecule has 1 aromatic carbocycles. The maximum absolute atomic E-state index is 12.8. The molecule has 1 heterocycles. The zero-order valence-electron chi connectivity index (χ0n) is 12.9. The summed E-state index contributed by atoms with van der Waals surface area (Å²) < 4.78 is 14.1. The van der Waals surface area contributed by atoms with Crippen molar-refractivity contribution < 1.29 is 14.3 Å². The largest absolute Gasteiger partial charge is 0.480 e. The van der Waals surface area contributed by atoms with Crippen LogP contribution in [0.1, 0.15) is 31.0 Å². The third-order valence-corrected chi connectivity index (χ3v) is 3.49. The van der Waals surface area contributed by atoms with Crippen molar-refractivity contribution in [3.8, 4) is 0 Å². The van der Waals surface area contributed by atoms with E-state index in [2.05, 4.69) is 0 Å². The van der Waals surface area contributed by atoms with Gasteiger partial charge in [0.25, 0.3) is 5.56 Å². The molecule has 1 N–H and O–H groups in total. The Kier molecular flexibility index (Phi) is 5.11. The first kappa shape index (κ1) is 16.7. The molecule has 0 aliphatic heterocycles. The smallest absolute Gasteiger partial charge is 0.327 e. The van der Waals surface area contributed by atoms with Gasteiger partial charge in [-0.25, -0.2) is 9.18 Å². The van der Waals surface area contributed by atoms with Gasteiger partial charge in [-0.2, -0.15) is 0 Å². The Morgan fingerprint density at radius 2 is 1.74 bits per heavy atom. The SMILES string of the molecule is CC(C)C(C(=O)O)n1ccc(/C=C/c2ccc(F)cc2)cc1=O. The van der Waals surface area contributed by atoms with Crippen molar-refractivity contribution in [2.24, 2.45) is 5.92 Å². The number of carbonyl (C=O) groups is 1. The number of benzene rings is 1. The predicted molar refractivity (Wildman–Crippen MR) is 87.5 cm³/mol. The molecule has 120 valence electrons. The molecule has 4 nitrogen and oxygen atoms in total. The normalized spacial score (nSPS) is 12.7. The summed E-state index contributed by atoms with van der Waals surface area (Å²) in [4.78, 5) is 23.5. The topological polar surface area (TPSA) is 59.3 Å². The first-order valence-corrected chi connectivity index (χ1v) is 7.27. The van der Waals surface area contributed by atoms with Gasteiger partial charge >= 0.3 is 5.97 Å². The molecule has 1 unspecified atom stereocenters. The molecule has 0 bridgehead atoms. The second-order valence-corrected chi connectivity index (χ2v) is 5.62. The average molecular weight is 315 g/mol. The van der Waals surface area contributed by atoms with Crippen molar-refractivity contribution in [1.82, 2.24) is 4.57 Å². The van der Waals surface area contributed by atoms with Crippen LogP contribution >= 0.6 is 0 Å². The van der Waals surface area contributed by atoms with Crippen LogP contribution in [-0.4, -0.2) is 15.6 Å². The third kappa shape index (κ3) is 4.16. The molecule has 0 radical (unpaired) electrons. The summed E-state index contributed by atoms with van der Waals surface area (Å²) in [5, 5.41) is 9.26. The molecule has 23 heavy (non-hydrogen) atoms. The number of aromatic nitrogens is 1. The fraction of sp³-hybridized carbons (Fsp3) is 0.222. The van der Waals surface area contributed by atoms with Crippen molar-refractivity contribution in [2.75, 3.05) is 0 Å². The summed E-state index contributed by atoms with van der Waals surface area (Å²) in [6.45, 7) is 3.52. The van der Waals surface area contributed by atoms with Gasteiger partial charge in [0.15, 0.2) is 0 Å². The zero-order chi connectivity index (χ0) is 17.0. The van der Waals surface area contributed by atoms with Crippen LogP contribution in [0.25, 0.3) is 12.2 Å². The zero-order valence-corrected chi connectivity index (χ0v) is 12.9. The van der Waals surface area contributed by atoms with Gasteiger partial charge in [-0.15, -0.1) is 0 Å². The number of hydrogen-bond donors (Lipinski definition) is 1. The lowest BCUT2D eigenvalue weighted by molar-refractivity contribution is -0.142. The Labute approximate surface area is 133 Å². The third-order valence-electron chi connectivity index (χ3n) is 3.49. The predicted octanol–water partition coefficient (Wildman–Crippen LogP) is 3.44. The van der Waals surface area contributed by atoms with Crippen LogP contribution in [0.3, 0.4) is 0 Å². The highest BCUT2D eigenvalue weighted by molar-refractivity contribution is 5.72. The molecule has 1 atom stereocenters. The second-order valence-electron chi connectivity index (χ2n) is 5.62. The molecule has 0 spiro atoms. The molecule has 0 aliphatic rings. The second kappa shape index (κ2) is 7.05. The highest BCUT2D eigenvalue weighted by Crippen LogP contribution is 2.16. The minimum absolute atomic E-state index is 0.203. The van der Waals surface area contributed by atoms with Crippen LogP contribution in [0, 0.1) is 11.7 Å². The minimum atomic E-state index is -1.03. The first-order valence-electron chi connectivity index (χ1n) is 7.27. The van der Waals surface area contributed by atoms with Crippen molar-refractivity contribution in [3.63, 3.8) is 0 Å². The lowest BCUT2D eigenvalue weighted by atomic mass is 10.0. The van der Waals surface area contributed by atoms with Crippen molar-refractivity contribution in [1.29, 1.82) is 0 Å². The Morgan fingerprint density at radius 3 is 2.26 bits per heavy atom. The minimum Gasteiger partial charge on any atom is -0.480 e. The van der Waals surface area contributed by atoms with E-state index < -0.39 is 12.0 Å². The van der Waals surface area contributed by atoms with Gasteiger partial charge in [-0.05, 0) is 35.2 Å². The summed E-state index contributed by atoms with van der Waals surface area (Å²) in [5.41, 5.74) is 1.09. The molecule has 2 aromatic rings. The van der Waals surface area contributed by atoms with E-state index in [1.807, 2.05) is 0 Å². The average Bonchev–Trinajstić information content (AvgIpc) is 2.48. The van der Waals surface area contributed by atoms with E-state index in [-0.39, 0.29) is 17.3 Å². The maximum atomic E-state index is 12.8. The summed E-state index contributed by atoms with van der Waals surface area (Å²) >= 11 is 0. The molecule has 1 aromatic heterocycles. The molecule has 0 amide bonds. The van der Waals surface area contributed by atoms with Crippen molar-refractivity contribution >= 4 is 18.1 Å². The highest BCUT2D eigenvalue weighted by Gasteiger charge is 2.23. The fourth-order valence-corrected chi connectivity index (χ4v) is 2.33. The van der Waals surface area contributed by atoms with E-state index in [0.717, 1.165) is 5.56 Å². The lowest BCUT2D eigenvalue weighted by Crippen LogP contribution is -2.32. The molecule has 0 fully saturated rings. The van der Waals surface area contributed by atoms with E-state index >= 15 is 0 Å². The number of hydrogen-bond acceptors (Lipinski definition) is 2. The van der Waals surface area contributed by atoms with Gasteiger partial charge in [0, 0.05) is 12.3 Å². The Morgan fingerprint density at radius 1 is 1.13 bits per heavy atom. The molecular formula is C18H18FNO3. The molecule has 0 aliphatic carbocycles. The number of nitrogens with zero attached hydrogens (tertiary/aromatic N) is 1. The van der Waals surface area contributed by atoms with Crippen LogP contribution in [0.4, 0.5) is 4.39 Å². The van der Waals surface area contributed by atoms with Gasteiger partial charge in [-0.1, -0.05) is 38.1 Å². The van der Waals surface area contributed by atoms with E-state index in [4.69, 9.17) is 0 Å². The van der Waals surface area contributed by atoms with E-state index in [0.29, 0.717) is 5.56 Å². The number of aliphatic carboxylic acids is 1. The maximum Gasteiger partial charge on any atom is 0.327 e. The Balaban J connectivity index is 2.27. The van der Waals surface area contributed by atoms with Crippen LogP contribution < -0.4 is 5.56 Å². The molecule has 0 saturated heterocycles. The highest BCUT2D eigenvalue weighted by atomic mass is 19.1. The van der Waals surface area contributed by atoms with Gasteiger partial charge in [0.2, 0.25) is 0 Å². The van der Waals surface area contributed by atoms with Gasteiger partial charge in [0.1, 0.15) is 11.9 Å². The molecular weight excluding hydrogens is 297 g/mol. The lowest BCUT2D eigenvalue weighted by Gasteiger charge is -2.19. The van der Waals surface area contributed by atoms with Crippen molar-refractivity contribution in [3.05, 3.63) is 69.9 Å². The van der Waals surface area contributed by atoms with Crippen LogP contribution in [0.5, 0.6) is 0 Å². The number of carboxylic acid groups (broad SMARTS) is 1. The van der Waals surface area contributed by atoms with Crippen LogP contribution in [-0.2, 0) is 4.79 Å². The van der Waals surface area contributed by atoms with Crippen LogP contribution in [0.2, 0.25) is 0 Å². The van der Waals surface area contributed by atoms with Crippen molar-refractivity contribution in [2.45, 2.75) is 19.9 Å². The fourth-order valence-electron chi connectivity index (χ4n) is 2.33. The quantitative estimate of drug-likeness (QED) is 0.919. The summed E-state index contributed by atoms with van der Waals surface area (Å²) in [5.74, 6) is -1.54. The molecule has 5 heteroatoms.